The van der Waals surface area contributed by atoms with E-state index in [1.54, 1.807) is 12.1 Å². The highest BCUT2D eigenvalue weighted by Gasteiger charge is 2.14. The molecule has 0 fully saturated rings. The molecule has 0 unspecified atom stereocenters. The highest BCUT2D eigenvalue weighted by molar-refractivity contribution is 6.33. The first-order valence-corrected chi connectivity index (χ1v) is 4.32. The van der Waals surface area contributed by atoms with Gasteiger partial charge in [0.25, 0.3) is 0 Å². The van der Waals surface area contributed by atoms with Crippen LogP contribution < -0.4 is 9.55 Å². The summed E-state index contributed by atoms with van der Waals surface area (Å²) in [5.74, 6) is 0.478. The van der Waals surface area contributed by atoms with E-state index in [9.17, 15) is 0 Å². The third kappa shape index (κ3) is 2.40. The lowest BCUT2D eigenvalue weighted by molar-refractivity contribution is 0.287. The zero-order valence-electron chi connectivity index (χ0n) is 8.56. The maximum Gasteiger partial charge on any atom is 0.707 e. The highest BCUT2D eigenvalue weighted by Crippen LogP contribution is 2.27. The molecule has 2 N–H and O–H groups in total. The summed E-state index contributed by atoms with van der Waals surface area (Å²) in [4.78, 5) is 1.94. The second-order valence-corrected chi connectivity index (χ2v) is 3.24. The molecule has 0 atom stereocenters. The quantitative estimate of drug-likeness (QED) is 0.685. The van der Waals surface area contributed by atoms with Crippen LogP contribution in [0, 0.1) is 6.92 Å². The van der Waals surface area contributed by atoms with Crippen LogP contribution in [0.4, 0.5) is 5.69 Å². The molecule has 0 saturated carbocycles. The van der Waals surface area contributed by atoms with Gasteiger partial charge in [0, 0.05) is 25.3 Å². The van der Waals surface area contributed by atoms with Crippen molar-refractivity contribution in [1.29, 1.82) is 0 Å². The van der Waals surface area contributed by atoms with Crippen molar-refractivity contribution < 1.29 is 14.7 Å². The summed E-state index contributed by atoms with van der Waals surface area (Å²) in [5.41, 5.74) is 1.87. The Bertz CT molecular complexity index is 315. The van der Waals surface area contributed by atoms with Gasteiger partial charge in [0.15, 0.2) is 0 Å². The predicted octanol–water partition coefficient (Wildman–Crippen LogP) is 0.409. The molecule has 1 aromatic rings. The fourth-order valence-corrected chi connectivity index (χ4v) is 1.33. The van der Waals surface area contributed by atoms with E-state index >= 15 is 0 Å². The van der Waals surface area contributed by atoms with Crippen molar-refractivity contribution in [2.24, 2.45) is 0 Å². The van der Waals surface area contributed by atoms with E-state index in [2.05, 4.69) is 0 Å². The first-order chi connectivity index (χ1) is 6.52. The maximum atomic E-state index is 8.68. The van der Waals surface area contributed by atoms with Gasteiger partial charge in [0.1, 0.15) is 5.75 Å². The van der Waals surface area contributed by atoms with Crippen LogP contribution in [-0.2, 0) is 0 Å². The summed E-state index contributed by atoms with van der Waals surface area (Å²) in [6.45, 7) is 1.87. The predicted molar refractivity (Wildman–Crippen MR) is 56.3 cm³/mol. The Kier molecular flexibility index (Phi) is 3.38. The van der Waals surface area contributed by atoms with Gasteiger partial charge in [-0.25, -0.2) is 0 Å². The van der Waals surface area contributed by atoms with Crippen molar-refractivity contribution in [2.75, 3.05) is 19.0 Å². The summed E-state index contributed by atoms with van der Waals surface area (Å²) in [6.07, 6.45) is 0. The fraction of sp³-hybridized carbons (Fsp3) is 0.333. The van der Waals surface area contributed by atoms with Crippen molar-refractivity contribution >= 4 is 13.0 Å². The Morgan fingerprint density at radius 1 is 1.29 bits per heavy atom. The van der Waals surface area contributed by atoms with E-state index in [-0.39, 0.29) is 0 Å². The molecule has 1 aromatic carbocycles. The van der Waals surface area contributed by atoms with Crippen molar-refractivity contribution in [3.8, 4) is 5.75 Å². The van der Waals surface area contributed by atoms with Crippen LogP contribution in [0.15, 0.2) is 18.2 Å². The molecule has 5 heteroatoms. The summed E-state index contributed by atoms with van der Waals surface area (Å²) >= 11 is 0. The molecule has 0 aromatic heterocycles. The molecule has 4 nitrogen and oxygen atoms in total. The lowest BCUT2D eigenvalue weighted by Crippen LogP contribution is -2.21. The molecular formula is C9H14BNO3. The minimum atomic E-state index is -1.77. The lowest BCUT2D eigenvalue weighted by atomic mass is 10.1. The second kappa shape index (κ2) is 4.35. The van der Waals surface area contributed by atoms with Gasteiger partial charge in [-0.1, -0.05) is 6.07 Å². The molecule has 0 radical (unpaired) electrons. The Morgan fingerprint density at radius 2 is 1.93 bits per heavy atom. The molecule has 0 aliphatic rings. The molecule has 0 amide bonds. The van der Waals surface area contributed by atoms with Gasteiger partial charge < -0.3 is 19.6 Å². The molecular weight excluding hydrogens is 181 g/mol. The van der Waals surface area contributed by atoms with Crippen LogP contribution in [0.5, 0.6) is 5.75 Å². The fourth-order valence-electron chi connectivity index (χ4n) is 1.33. The Balaban J connectivity index is 3.01. The van der Waals surface area contributed by atoms with E-state index in [0.29, 0.717) is 5.75 Å². The van der Waals surface area contributed by atoms with Crippen LogP contribution in [0.25, 0.3) is 0 Å². The van der Waals surface area contributed by atoms with Gasteiger partial charge in [-0.05, 0) is 19.1 Å². The number of rotatable bonds is 3. The van der Waals surface area contributed by atoms with Gasteiger partial charge in [0.05, 0.1) is 0 Å². The Hall–Kier alpha value is -1.20. The van der Waals surface area contributed by atoms with E-state index < -0.39 is 7.32 Å². The minimum Gasteiger partial charge on any atom is -0.512 e. The number of benzene rings is 1. The van der Waals surface area contributed by atoms with Crippen molar-refractivity contribution in [3.05, 3.63) is 23.8 Å². The van der Waals surface area contributed by atoms with Gasteiger partial charge >= 0.3 is 7.32 Å². The number of hydrogen-bond donors (Lipinski definition) is 2. The van der Waals surface area contributed by atoms with E-state index in [0.717, 1.165) is 11.3 Å². The Morgan fingerprint density at radius 3 is 2.43 bits per heavy atom. The third-order valence-electron chi connectivity index (χ3n) is 1.97. The number of hydrogen-bond acceptors (Lipinski definition) is 4. The molecule has 76 valence electrons. The zero-order valence-corrected chi connectivity index (χ0v) is 8.56. The molecule has 0 aliphatic carbocycles. The molecule has 0 aliphatic heterocycles. The minimum absolute atomic E-state index is 0.478. The van der Waals surface area contributed by atoms with Crippen LogP contribution in [0.3, 0.4) is 0 Å². The molecule has 0 spiro atoms. The van der Waals surface area contributed by atoms with Crippen LogP contribution in [0.2, 0.25) is 0 Å². The maximum absolute atomic E-state index is 8.68. The third-order valence-corrected chi connectivity index (χ3v) is 1.97. The molecule has 0 bridgehead atoms. The molecule has 0 saturated heterocycles. The zero-order chi connectivity index (χ0) is 10.7. The molecule has 0 heterocycles. The number of anilines is 1. The van der Waals surface area contributed by atoms with Gasteiger partial charge in [0.2, 0.25) is 0 Å². The van der Waals surface area contributed by atoms with Crippen molar-refractivity contribution in [3.63, 3.8) is 0 Å². The smallest absolute Gasteiger partial charge is 0.512 e. The van der Waals surface area contributed by atoms with Crippen molar-refractivity contribution in [1.82, 2.24) is 0 Å². The average molecular weight is 195 g/mol. The topological polar surface area (TPSA) is 52.9 Å². The largest absolute Gasteiger partial charge is 0.707 e. The van der Waals surface area contributed by atoms with Gasteiger partial charge in [-0.15, -0.1) is 0 Å². The van der Waals surface area contributed by atoms with Gasteiger partial charge in [-0.2, -0.15) is 0 Å². The average Bonchev–Trinajstić information content (AvgIpc) is 2.07. The highest BCUT2D eigenvalue weighted by atomic mass is 16.6. The second-order valence-electron chi connectivity index (χ2n) is 3.24. The summed E-state index contributed by atoms with van der Waals surface area (Å²) < 4.78 is 4.82. The SMILES string of the molecule is Cc1c(OB(O)O)cccc1N(C)C. The summed E-state index contributed by atoms with van der Waals surface area (Å²) in [7, 11) is 2.06. The first-order valence-electron chi connectivity index (χ1n) is 4.32. The van der Waals surface area contributed by atoms with E-state index in [1.807, 2.05) is 32.0 Å². The van der Waals surface area contributed by atoms with Crippen LogP contribution >= 0.6 is 0 Å². The first kappa shape index (κ1) is 10.9. The van der Waals surface area contributed by atoms with E-state index in [1.165, 1.54) is 0 Å². The standard InChI is InChI=1S/C9H14BNO3/c1-7-8(11(2)3)5-4-6-9(7)14-10(12)13/h4-6,12-13H,1-3H3. The van der Waals surface area contributed by atoms with Gasteiger partial charge in [-0.3, -0.25) is 0 Å². The monoisotopic (exact) mass is 195 g/mol. The summed E-state index contributed by atoms with van der Waals surface area (Å²) in [5, 5.41) is 17.4. The van der Waals surface area contributed by atoms with E-state index in [4.69, 9.17) is 14.7 Å². The van der Waals surface area contributed by atoms with Crippen LogP contribution in [0.1, 0.15) is 5.56 Å². The number of nitrogens with zero attached hydrogens (tertiary/aromatic N) is 1. The molecule has 1 rings (SSSR count). The summed E-state index contributed by atoms with van der Waals surface area (Å²) in [6, 6.07) is 5.44. The lowest BCUT2D eigenvalue weighted by Gasteiger charge is -2.18. The molecule has 14 heavy (non-hydrogen) atoms. The Labute approximate surface area is 83.9 Å². The van der Waals surface area contributed by atoms with Crippen LogP contribution in [-0.4, -0.2) is 31.5 Å². The normalized spacial score (nSPS) is 9.79. The van der Waals surface area contributed by atoms with Crippen molar-refractivity contribution in [2.45, 2.75) is 6.92 Å².